The zero-order chi connectivity index (χ0) is 14.5. The lowest BCUT2D eigenvalue weighted by atomic mass is 10.0. The Morgan fingerprint density at radius 1 is 1.30 bits per heavy atom. The van der Waals surface area contributed by atoms with Crippen molar-refractivity contribution >= 4 is 5.82 Å². The minimum atomic E-state index is -0.0504. The molecule has 5 nitrogen and oxygen atoms in total. The second-order valence-electron chi connectivity index (χ2n) is 5.31. The lowest BCUT2D eigenvalue weighted by molar-refractivity contribution is 0.0226. The van der Waals surface area contributed by atoms with Gasteiger partial charge in [-0.2, -0.15) is 0 Å². The van der Waals surface area contributed by atoms with E-state index in [2.05, 4.69) is 31.1 Å². The normalized spacial score (nSPS) is 16.1. The van der Waals surface area contributed by atoms with E-state index in [0.717, 1.165) is 42.5 Å². The fourth-order valence-electron chi connectivity index (χ4n) is 2.44. The van der Waals surface area contributed by atoms with Crippen LogP contribution in [-0.4, -0.2) is 29.7 Å². The van der Waals surface area contributed by atoms with E-state index in [-0.39, 0.29) is 6.10 Å². The van der Waals surface area contributed by atoms with Crippen molar-refractivity contribution in [1.29, 1.82) is 0 Å². The second kappa shape index (κ2) is 6.99. The highest BCUT2D eigenvalue weighted by Crippen LogP contribution is 2.28. The van der Waals surface area contributed by atoms with Crippen LogP contribution in [0.25, 0.3) is 0 Å². The summed E-state index contributed by atoms with van der Waals surface area (Å²) in [6.45, 7) is 11.2. The van der Waals surface area contributed by atoms with Crippen LogP contribution in [-0.2, 0) is 22.5 Å². The molecule has 1 atom stereocenters. The number of aromatic nitrogens is 2. The molecule has 0 amide bonds. The summed E-state index contributed by atoms with van der Waals surface area (Å²) in [4.78, 5) is 9.43. The highest BCUT2D eigenvalue weighted by atomic mass is 16.5. The molecule has 1 N–H and O–H groups in total. The highest BCUT2D eigenvalue weighted by Gasteiger charge is 2.24. The maximum atomic E-state index is 5.83. The van der Waals surface area contributed by atoms with Crippen LogP contribution >= 0.6 is 0 Å². The molecule has 0 saturated carbocycles. The van der Waals surface area contributed by atoms with Crippen LogP contribution in [0.2, 0.25) is 0 Å². The first-order valence-corrected chi connectivity index (χ1v) is 7.50. The summed E-state index contributed by atoms with van der Waals surface area (Å²) in [5.74, 6) is 2.04. The molecular weight excluding hydrogens is 254 g/mol. The minimum Gasteiger partial charge on any atom is -0.376 e. The predicted molar refractivity (Wildman–Crippen MR) is 78.8 cm³/mol. The molecule has 0 spiro atoms. The van der Waals surface area contributed by atoms with Gasteiger partial charge in [-0.3, -0.25) is 0 Å². The Morgan fingerprint density at radius 3 is 2.75 bits per heavy atom. The molecule has 112 valence electrons. The van der Waals surface area contributed by atoms with E-state index in [1.54, 1.807) is 0 Å². The van der Waals surface area contributed by atoms with E-state index >= 15 is 0 Å². The molecule has 5 heteroatoms. The maximum Gasteiger partial charge on any atom is 0.160 e. The van der Waals surface area contributed by atoms with E-state index in [1.807, 2.05) is 6.92 Å². The van der Waals surface area contributed by atoms with Gasteiger partial charge in [0.05, 0.1) is 18.9 Å². The summed E-state index contributed by atoms with van der Waals surface area (Å²) in [6, 6.07) is 0. The molecule has 1 aliphatic heterocycles. The van der Waals surface area contributed by atoms with Gasteiger partial charge in [0, 0.05) is 25.1 Å². The second-order valence-corrected chi connectivity index (χ2v) is 5.31. The smallest absolute Gasteiger partial charge is 0.160 e. The number of fused-ring (bicyclic) bond motifs is 1. The molecule has 1 aliphatic rings. The molecule has 0 fully saturated rings. The third-order valence-electron chi connectivity index (χ3n) is 3.39. The van der Waals surface area contributed by atoms with Gasteiger partial charge >= 0.3 is 0 Å². The summed E-state index contributed by atoms with van der Waals surface area (Å²) in [7, 11) is 0. The van der Waals surface area contributed by atoms with Crippen molar-refractivity contribution in [3.63, 3.8) is 0 Å². The zero-order valence-electron chi connectivity index (χ0n) is 12.9. The largest absolute Gasteiger partial charge is 0.376 e. The summed E-state index contributed by atoms with van der Waals surface area (Å²) in [6.07, 6.45) is 0.797. The summed E-state index contributed by atoms with van der Waals surface area (Å²) >= 11 is 0. The number of anilines is 1. The van der Waals surface area contributed by atoms with Crippen molar-refractivity contribution in [1.82, 2.24) is 9.97 Å². The van der Waals surface area contributed by atoms with Gasteiger partial charge in [-0.05, 0) is 19.8 Å². The first-order chi connectivity index (χ1) is 9.67. The summed E-state index contributed by atoms with van der Waals surface area (Å²) < 4.78 is 11.4. The van der Waals surface area contributed by atoms with Gasteiger partial charge in [0.25, 0.3) is 0 Å². The van der Waals surface area contributed by atoms with E-state index in [4.69, 9.17) is 14.5 Å². The number of hydrogen-bond acceptors (Lipinski definition) is 5. The maximum absolute atomic E-state index is 5.83. The molecule has 1 unspecified atom stereocenters. The molecule has 0 saturated heterocycles. The zero-order valence-corrected chi connectivity index (χ0v) is 12.9. The number of hydrogen-bond donors (Lipinski definition) is 1. The Morgan fingerprint density at radius 2 is 2.10 bits per heavy atom. The molecule has 20 heavy (non-hydrogen) atoms. The molecule has 2 rings (SSSR count). The third kappa shape index (κ3) is 3.27. The van der Waals surface area contributed by atoms with E-state index < -0.39 is 0 Å². The SMILES string of the molecule is CCNc1nc(C(OCC)C(C)C)nc2c1COCC2. The quantitative estimate of drug-likeness (QED) is 0.867. The number of ether oxygens (including phenoxy) is 2. The van der Waals surface area contributed by atoms with Gasteiger partial charge in [-0.25, -0.2) is 9.97 Å². The number of rotatable bonds is 6. The topological polar surface area (TPSA) is 56.3 Å². The molecule has 0 bridgehead atoms. The Bertz CT molecular complexity index is 449. The van der Waals surface area contributed by atoms with Gasteiger partial charge in [0.15, 0.2) is 5.82 Å². The van der Waals surface area contributed by atoms with Crippen LogP contribution in [0.15, 0.2) is 0 Å². The molecule has 0 radical (unpaired) electrons. The van der Waals surface area contributed by atoms with Crippen LogP contribution in [0.5, 0.6) is 0 Å². The molecule has 0 aliphatic carbocycles. The lowest BCUT2D eigenvalue weighted by Gasteiger charge is -2.24. The summed E-state index contributed by atoms with van der Waals surface area (Å²) in [5.41, 5.74) is 2.20. The number of nitrogens with one attached hydrogen (secondary N) is 1. The van der Waals surface area contributed by atoms with Crippen LogP contribution < -0.4 is 5.32 Å². The first kappa shape index (κ1) is 15.2. The van der Waals surface area contributed by atoms with Gasteiger partial charge in [-0.15, -0.1) is 0 Å². The van der Waals surface area contributed by atoms with Gasteiger partial charge in [-0.1, -0.05) is 13.8 Å². The molecular formula is C15H25N3O2. The van der Waals surface area contributed by atoms with Gasteiger partial charge in [0.1, 0.15) is 11.9 Å². The predicted octanol–water partition coefficient (Wildman–Crippen LogP) is 2.71. The standard InChI is InChI=1S/C15H25N3O2/c1-5-16-14-11-9-19-8-7-12(11)17-15(18-14)13(10(3)4)20-6-2/h10,13H,5-9H2,1-4H3,(H,16,17,18). The van der Waals surface area contributed by atoms with Crippen molar-refractivity contribution in [2.45, 2.75) is 46.8 Å². The fourth-order valence-corrected chi connectivity index (χ4v) is 2.44. The molecule has 0 aromatic carbocycles. The van der Waals surface area contributed by atoms with Crippen LogP contribution in [0, 0.1) is 5.92 Å². The van der Waals surface area contributed by atoms with Crippen molar-refractivity contribution in [3.8, 4) is 0 Å². The first-order valence-electron chi connectivity index (χ1n) is 7.50. The molecule has 1 aromatic heterocycles. The van der Waals surface area contributed by atoms with Crippen LogP contribution in [0.3, 0.4) is 0 Å². The Kier molecular flexibility index (Phi) is 5.31. The highest BCUT2D eigenvalue weighted by molar-refractivity contribution is 5.47. The van der Waals surface area contributed by atoms with Crippen LogP contribution in [0.4, 0.5) is 5.82 Å². The van der Waals surface area contributed by atoms with E-state index in [9.17, 15) is 0 Å². The minimum absolute atomic E-state index is 0.0504. The van der Waals surface area contributed by atoms with E-state index in [1.165, 1.54) is 0 Å². The monoisotopic (exact) mass is 279 g/mol. The third-order valence-corrected chi connectivity index (χ3v) is 3.39. The van der Waals surface area contributed by atoms with E-state index in [0.29, 0.717) is 19.1 Å². The average Bonchev–Trinajstić information content (AvgIpc) is 2.44. The Balaban J connectivity index is 2.40. The van der Waals surface area contributed by atoms with Crippen molar-refractivity contribution in [2.24, 2.45) is 5.92 Å². The van der Waals surface area contributed by atoms with Crippen molar-refractivity contribution in [3.05, 3.63) is 17.1 Å². The number of nitrogens with zero attached hydrogens (tertiary/aromatic N) is 2. The fraction of sp³-hybridized carbons (Fsp3) is 0.733. The average molecular weight is 279 g/mol. The molecule has 1 aromatic rings. The molecule has 2 heterocycles. The lowest BCUT2D eigenvalue weighted by Crippen LogP contribution is -2.21. The Hall–Kier alpha value is -1.20. The van der Waals surface area contributed by atoms with Crippen molar-refractivity contribution in [2.75, 3.05) is 25.1 Å². The Labute approximate surface area is 121 Å². The summed E-state index contributed by atoms with van der Waals surface area (Å²) in [5, 5.41) is 3.33. The van der Waals surface area contributed by atoms with Gasteiger partial charge < -0.3 is 14.8 Å². The van der Waals surface area contributed by atoms with Crippen LogP contribution in [0.1, 0.15) is 50.9 Å². The van der Waals surface area contributed by atoms with Crippen molar-refractivity contribution < 1.29 is 9.47 Å². The van der Waals surface area contributed by atoms with Gasteiger partial charge in [0.2, 0.25) is 0 Å².